The van der Waals surface area contributed by atoms with E-state index in [2.05, 4.69) is 15.1 Å². The number of aryl methyl sites for hydroxylation is 1. The van der Waals surface area contributed by atoms with Crippen molar-refractivity contribution in [2.24, 2.45) is 7.05 Å². The summed E-state index contributed by atoms with van der Waals surface area (Å²) in [7, 11) is -1.24. The maximum Gasteiger partial charge on any atom is 0.271 e. The number of carbonyl (C=O) groups is 2. The minimum absolute atomic E-state index is 0.0325. The molecule has 1 heterocycles. The molecule has 0 radical (unpaired) electrons. The van der Waals surface area contributed by atoms with Crippen LogP contribution in [0.15, 0.2) is 23.2 Å². The predicted molar refractivity (Wildman–Crippen MR) is 131 cm³/mol. The highest BCUT2D eigenvalue weighted by Crippen LogP contribution is 2.35. The largest absolute Gasteiger partial charge is 0.395 e. The lowest BCUT2D eigenvalue weighted by Crippen LogP contribution is -2.33. The maximum atomic E-state index is 12.7. The Morgan fingerprint density at radius 2 is 1.71 bits per heavy atom. The summed E-state index contributed by atoms with van der Waals surface area (Å²) >= 11 is 6.26. The second-order valence-corrected chi connectivity index (χ2v) is 10.7. The van der Waals surface area contributed by atoms with Crippen molar-refractivity contribution in [3.05, 3.63) is 40.0 Å². The van der Waals surface area contributed by atoms with E-state index in [-0.39, 0.29) is 35.7 Å². The number of benzene rings is 1. The van der Waals surface area contributed by atoms with Crippen LogP contribution in [0, 0.1) is 0 Å². The van der Waals surface area contributed by atoms with Gasteiger partial charge >= 0.3 is 0 Å². The summed E-state index contributed by atoms with van der Waals surface area (Å²) in [4.78, 5) is 26.4. The van der Waals surface area contributed by atoms with Crippen molar-refractivity contribution in [3.8, 4) is 0 Å². The monoisotopic (exact) mass is 513 g/mol. The van der Waals surface area contributed by atoms with Crippen molar-refractivity contribution in [2.45, 2.75) is 44.6 Å². The molecule has 0 saturated carbocycles. The fourth-order valence-electron chi connectivity index (χ4n) is 3.34. The lowest BCUT2D eigenvalue weighted by Gasteiger charge is -2.21. The first-order valence-corrected chi connectivity index (χ1v) is 12.7. The van der Waals surface area contributed by atoms with E-state index >= 15 is 0 Å². The number of amides is 2. The zero-order valence-corrected chi connectivity index (χ0v) is 21.8. The first-order valence-electron chi connectivity index (χ1n) is 10.8. The number of carbonyl (C=O) groups excluding carboxylic acids is 2. The predicted octanol–water partition coefficient (Wildman–Crippen LogP) is 2.30. The number of likely N-dealkylation sites (N-methyl/N-ethyl adjacent to an activating group) is 1. The van der Waals surface area contributed by atoms with E-state index in [1.807, 2.05) is 27.7 Å². The Morgan fingerprint density at radius 1 is 1.15 bits per heavy atom. The number of anilines is 1. The summed E-state index contributed by atoms with van der Waals surface area (Å²) in [5.74, 6) is -0.883. The van der Waals surface area contributed by atoms with Gasteiger partial charge in [-0.25, -0.2) is 13.1 Å². The summed E-state index contributed by atoms with van der Waals surface area (Å²) in [5.41, 5.74) is 2.36. The summed E-state index contributed by atoms with van der Waals surface area (Å²) in [6.45, 7) is 7.25. The smallest absolute Gasteiger partial charge is 0.271 e. The number of nitrogens with one attached hydrogen (secondary N) is 2. The van der Waals surface area contributed by atoms with Gasteiger partial charge in [0.05, 0.1) is 13.2 Å². The van der Waals surface area contributed by atoms with Gasteiger partial charge in [-0.2, -0.15) is 5.10 Å². The molecule has 0 atom stereocenters. The van der Waals surface area contributed by atoms with E-state index in [0.29, 0.717) is 10.7 Å². The summed E-state index contributed by atoms with van der Waals surface area (Å²) in [5, 5.41) is 15.9. The molecular formula is C22H32ClN5O5S. The Kier molecular flexibility index (Phi) is 9.23. The van der Waals surface area contributed by atoms with Crippen LogP contribution >= 0.6 is 11.6 Å². The van der Waals surface area contributed by atoms with Crippen molar-refractivity contribution in [1.29, 1.82) is 0 Å². The number of nitrogens with zero attached hydrogens (tertiary/aromatic N) is 3. The van der Waals surface area contributed by atoms with E-state index in [1.54, 1.807) is 12.1 Å². The van der Waals surface area contributed by atoms with Gasteiger partial charge in [-0.1, -0.05) is 39.3 Å². The number of hydrogen-bond acceptors (Lipinski definition) is 6. The average Bonchev–Trinajstić information content (AvgIpc) is 3.15. The van der Waals surface area contributed by atoms with Crippen LogP contribution in [0.25, 0.3) is 0 Å². The molecule has 1 aromatic heterocycles. The van der Waals surface area contributed by atoms with Gasteiger partial charge in [0.1, 0.15) is 5.69 Å². The molecule has 0 aliphatic heterocycles. The van der Waals surface area contributed by atoms with Crippen LogP contribution in [-0.2, 0) is 21.9 Å². The van der Waals surface area contributed by atoms with E-state index in [9.17, 15) is 18.0 Å². The molecule has 0 aliphatic carbocycles. The lowest BCUT2D eigenvalue weighted by atomic mass is 9.92. The van der Waals surface area contributed by atoms with E-state index in [4.69, 9.17) is 16.7 Å². The molecule has 34 heavy (non-hydrogen) atoms. The quantitative estimate of drug-likeness (QED) is 0.446. The van der Waals surface area contributed by atoms with E-state index in [1.165, 1.54) is 19.0 Å². The van der Waals surface area contributed by atoms with E-state index in [0.717, 1.165) is 21.9 Å². The number of hydrogen-bond donors (Lipinski definition) is 3. The molecule has 2 amide bonds. The fraction of sp³-hybridized carbons (Fsp3) is 0.500. The molecule has 1 aromatic carbocycles. The highest BCUT2D eigenvalue weighted by molar-refractivity contribution is 7.89. The molecule has 188 valence electrons. The second-order valence-electron chi connectivity index (χ2n) is 8.58. The van der Waals surface area contributed by atoms with Crippen LogP contribution in [0.1, 0.15) is 61.1 Å². The highest BCUT2D eigenvalue weighted by Gasteiger charge is 2.25. The minimum Gasteiger partial charge on any atom is -0.395 e. The van der Waals surface area contributed by atoms with Gasteiger partial charge < -0.3 is 15.3 Å². The number of sulfonamides is 1. The fourth-order valence-corrected chi connectivity index (χ4v) is 4.54. The van der Waals surface area contributed by atoms with Crippen molar-refractivity contribution < 1.29 is 23.1 Å². The third-order valence-corrected chi connectivity index (χ3v) is 6.72. The van der Waals surface area contributed by atoms with E-state index < -0.39 is 28.4 Å². The molecular weight excluding hydrogens is 482 g/mol. The number of aliphatic hydroxyl groups is 1. The maximum absolute atomic E-state index is 12.7. The van der Waals surface area contributed by atoms with Crippen molar-refractivity contribution in [1.82, 2.24) is 19.4 Å². The zero-order chi connectivity index (χ0) is 25.8. The van der Waals surface area contributed by atoms with Gasteiger partial charge in [-0.15, -0.1) is 0 Å². The number of aromatic nitrogens is 2. The minimum atomic E-state index is -4.16. The Labute approximate surface area is 205 Å². The Morgan fingerprint density at radius 3 is 2.21 bits per heavy atom. The van der Waals surface area contributed by atoms with Crippen LogP contribution in [0.5, 0.6) is 0 Å². The second kappa shape index (κ2) is 11.3. The molecule has 10 nitrogen and oxygen atoms in total. The van der Waals surface area contributed by atoms with Gasteiger partial charge in [0.15, 0.2) is 5.03 Å². The lowest BCUT2D eigenvalue weighted by molar-refractivity contribution is -0.115. The Bertz CT molecular complexity index is 1130. The number of halogens is 1. The summed E-state index contributed by atoms with van der Waals surface area (Å²) in [6, 6.07) is 4.71. The Balaban J connectivity index is 2.20. The molecule has 0 spiro atoms. The van der Waals surface area contributed by atoms with Crippen LogP contribution < -0.4 is 10.0 Å². The van der Waals surface area contributed by atoms with Gasteiger partial charge in [0.25, 0.3) is 15.9 Å². The highest BCUT2D eigenvalue weighted by atomic mass is 35.5. The van der Waals surface area contributed by atoms with Crippen molar-refractivity contribution in [3.63, 3.8) is 0 Å². The summed E-state index contributed by atoms with van der Waals surface area (Å²) < 4.78 is 28.8. The van der Waals surface area contributed by atoms with Crippen LogP contribution in [-0.4, -0.2) is 66.8 Å². The first kappa shape index (κ1) is 27.8. The molecule has 0 bridgehead atoms. The van der Waals surface area contributed by atoms with Gasteiger partial charge in [0, 0.05) is 37.4 Å². The molecule has 0 unspecified atom stereocenters. The van der Waals surface area contributed by atoms with Gasteiger partial charge in [-0.3, -0.25) is 14.3 Å². The first-order chi connectivity index (χ1) is 15.8. The third-order valence-electron chi connectivity index (χ3n) is 5.23. The SMILES string of the molecule is CC(C)c1cc(Cl)cc(C(C)C)c1NC(=O)CNS(=O)(=O)c1cc(C(=O)N(C)CCO)n(C)n1. The molecule has 0 saturated heterocycles. The Hall–Kier alpha value is -2.47. The normalized spacial score (nSPS) is 11.8. The van der Waals surface area contributed by atoms with Gasteiger partial charge in [-0.05, 0) is 35.1 Å². The average molecular weight is 514 g/mol. The molecule has 2 aromatic rings. The summed E-state index contributed by atoms with van der Waals surface area (Å²) in [6.07, 6.45) is 0. The van der Waals surface area contributed by atoms with Crippen molar-refractivity contribution in [2.75, 3.05) is 32.1 Å². The molecule has 3 N–H and O–H groups in total. The molecule has 12 heteroatoms. The van der Waals surface area contributed by atoms with Gasteiger partial charge in [0.2, 0.25) is 5.91 Å². The zero-order valence-electron chi connectivity index (χ0n) is 20.2. The standard InChI is InChI=1S/C22H32ClN5O5S/c1-13(2)16-9-15(23)10-17(14(3)4)21(16)25-19(30)12-24-34(32,33)20-11-18(28(6)26-20)22(31)27(5)7-8-29/h9-11,13-14,24,29H,7-8,12H2,1-6H3,(H,25,30). The third kappa shape index (κ3) is 6.56. The molecule has 2 rings (SSSR count). The topological polar surface area (TPSA) is 134 Å². The molecule has 0 fully saturated rings. The molecule has 0 aliphatic rings. The van der Waals surface area contributed by atoms with Crippen LogP contribution in [0.3, 0.4) is 0 Å². The number of aliphatic hydroxyl groups excluding tert-OH is 1. The van der Waals surface area contributed by atoms with Crippen molar-refractivity contribution >= 4 is 39.1 Å². The van der Waals surface area contributed by atoms with Crippen LogP contribution in [0.4, 0.5) is 5.69 Å². The van der Waals surface area contributed by atoms with Crippen LogP contribution in [0.2, 0.25) is 5.02 Å². The number of rotatable bonds is 10.